The van der Waals surface area contributed by atoms with Crippen LogP contribution < -0.4 is 10.9 Å². The summed E-state index contributed by atoms with van der Waals surface area (Å²) in [7, 11) is 0. The Kier molecular flexibility index (Phi) is 7.14. The van der Waals surface area contributed by atoms with Gasteiger partial charge in [0.15, 0.2) is 0 Å². The number of hydrogen-bond donors (Lipinski definition) is 2. The van der Waals surface area contributed by atoms with Gasteiger partial charge >= 0.3 is 0 Å². The van der Waals surface area contributed by atoms with E-state index in [4.69, 9.17) is 14.9 Å². The molecular weight excluding hydrogens is 472 g/mol. The molecule has 37 heavy (non-hydrogen) atoms. The molecule has 0 bridgehead atoms. The standard InChI is InChI=1S/C27H28N6O4/c28-13-19-11-23(29)20(12-25(19)37-17-18-5-6-18)14-30-15-24-21-3-1-2-4-22(21)27(35)33(31-24)16-26(34)32-7-9-36-10-8-32/h1-4,11-12,14,18,29-30H,5-10,15-17H2/b20-14-,29-23?. The molecule has 1 saturated carbocycles. The van der Waals surface area contributed by atoms with Gasteiger partial charge in [0.2, 0.25) is 5.91 Å². The summed E-state index contributed by atoms with van der Waals surface area (Å²) in [5.41, 5.74) is 1.40. The van der Waals surface area contributed by atoms with Gasteiger partial charge in [-0.3, -0.25) is 9.59 Å². The number of nitrogens with one attached hydrogen (secondary N) is 2. The first-order valence-electron chi connectivity index (χ1n) is 12.4. The first-order chi connectivity index (χ1) is 18.0. The number of allylic oxidation sites excluding steroid dienone is 4. The Balaban J connectivity index is 1.36. The van der Waals surface area contributed by atoms with Crippen molar-refractivity contribution >= 4 is 22.4 Å². The maximum atomic E-state index is 13.1. The average Bonchev–Trinajstić information content (AvgIpc) is 3.76. The molecule has 0 radical (unpaired) electrons. The summed E-state index contributed by atoms with van der Waals surface area (Å²) in [6, 6.07) is 9.29. The second-order valence-electron chi connectivity index (χ2n) is 9.28. The summed E-state index contributed by atoms with van der Waals surface area (Å²) < 4.78 is 12.4. The number of amides is 1. The van der Waals surface area contributed by atoms with Crippen molar-refractivity contribution < 1.29 is 14.3 Å². The van der Waals surface area contributed by atoms with Crippen molar-refractivity contribution in [1.29, 1.82) is 10.7 Å². The zero-order valence-corrected chi connectivity index (χ0v) is 20.4. The summed E-state index contributed by atoms with van der Waals surface area (Å²) in [5.74, 6) is 0.837. The third kappa shape index (κ3) is 5.62. The van der Waals surface area contributed by atoms with Crippen molar-refractivity contribution in [1.82, 2.24) is 20.0 Å². The van der Waals surface area contributed by atoms with Gasteiger partial charge in [-0.1, -0.05) is 18.2 Å². The fourth-order valence-corrected chi connectivity index (χ4v) is 4.26. The van der Waals surface area contributed by atoms with E-state index < -0.39 is 0 Å². The van der Waals surface area contributed by atoms with E-state index in [-0.39, 0.29) is 30.3 Å². The Morgan fingerprint density at radius 1 is 1.24 bits per heavy atom. The second-order valence-corrected chi connectivity index (χ2v) is 9.28. The van der Waals surface area contributed by atoms with Crippen LogP contribution >= 0.6 is 0 Å². The molecule has 0 atom stereocenters. The van der Waals surface area contributed by atoms with Gasteiger partial charge in [-0.2, -0.15) is 10.4 Å². The molecule has 10 heteroatoms. The molecule has 10 nitrogen and oxygen atoms in total. The predicted octanol–water partition coefficient (Wildman–Crippen LogP) is 2.02. The molecule has 5 rings (SSSR count). The van der Waals surface area contributed by atoms with E-state index >= 15 is 0 Å². The molecule has 1 aromatic carbocycles. The summed E-state index contributed by atoms with van der Waals surface area (Å²) in [4.78, 5) is 27.5. The van der Waals surface area contributed by atoms with E-state index in [0.717, 1.165) is 12.8 Å². The summed E-state index contributed by atoms with van der Waals surface area (Å²) >= 11 is 0. The first kappa shape index (κ1) is 24.5. The van der Waals surface area contributed by atoms with Crippen LogP contribution in [0.2, 0.25) is 0 Å². The van der Waals surface area contributed by atoms with Crippen LogP contribution in [0.1, 0.15) is 18.5 Å². The lowest BCUT2D eigenvalue weighted by Gasteiger charge is -2.27. The molecular formula is C27H28N6O4. The highest BCUT2D eigenvalue weighted by molar-refractivity contribution is 6.10. The SMILES string of the molecule is N#CC1=CC(=N)/C(=C\NCc2nn(CC(=O)N3CCOCC3)c(=O)c3ccccc23)C=C1OCC1CC1. The number of carbonyl (C=O) groups is 1. The molecule has 2 heterocycles. The average molecular weight is 501 g/mol. The molecule has 2 aromatic rings. The first-order valence-corrected chi connectivity index (χ1v) is 12.4. The molecule has 1 aliphatic heterocycles. The van der Waals surface area contributed by atoms with Gasteiger partial charge in [-0.15, -0.1) is 0 Å². The van der Waals surface area contributed by atoms with Crippen LogP contribution in [0, 0.1) is 22.7 Å². The highest BCUT2D eigenvalue weighted by atomic mass is 16.5. The molecule has 0 unspecified atom stereocenters. The van der Waals surface area contributed by atoms with Crippen LogP contribution in [-0.2, 0) is 27.4 Å². The minimum atomic E-state index is -0.317. The molecule has 3 aliphatic rings. The number of morpholine rings is 1. The lowest BCUT2D eigenvalue weighted by molar-refractivity contribution is -0.136. The Labute approximate surface area is 214 Å². The van der Waals surface area contributed by atoms with E-state index in [0.29, 0.717) is 72.2 Å². The highest BCUT2D eigenvalue weighted by Gasteiger charge is 2.24. The van der Waals surface area contributed by atoms with E-state index in [1.807, 2.05) is 12.1 Å². The maximum absolute atomic E-state index is 13.1. The highest BCUT2D eigenvalue weighted by Crippen LogP contribution is 2.31. The van der Waals surface area contributed by atoms with Gasteiger partial charge in [0.05, 0.1) is 48.7 Å². The van der Waals surface area contributed by atoms with Crippen molar-refractivity contribution in [2.24, 2.45) is 5.92 Å². The molecule has 1 amide bonds. The topological polar surface area (TPSA) is 133 Å². The van der Waals surface area contributed by atoms with Crippen molar-refractivity contribution in [2.45, 2.75) is 25.9 Å². The van der Waals surface area contributed by atoms with Crippen molar-refractivity contribution in [3.63, 3.8) is 0 Å². The zero-order valence-electron chi connectivity index (χ0n) is 20.4. The summed E-state index contributed by atoms with van der Waals surface area (Å²) in [6.45, 7) is 2.65. The predicted molar refractivity (Wildman–Crippen MR) is 137 cm³/mol. The van der Waals surface area contributed by atoms with Gasteiger partial charge in [0.25, 0.3) is 5.56 Å². The van der Waals surface area contributed by atoms with Crippen LogP contribution in [0.15, 0.2) is 64.3 Å². The molecule has 2 aliphatic carbocycles. The van der Waals surface area contributed by atoms with Crippen LogP contribution in [0.4, 0.5) is 0 Å². The third-order valence-corrected chi connectivity index (χ3v) is 6.56. The molecule has 190 valence electrons. The quantitative estimate of drug-likeness (QED) is 0.566. The molecule has 1 aromatic heterocycles. The number of ether oxygens (including phenoxy) is 2. The smallest absolute Gasteiger partial charge is 0.275 e. The number of benzene rings is 1. The van der Waals surface area contributed by atoms with Gasteiger partial charge in [-0.05, 0) is 37.0 Å². The second kappa shape index (κ2) is 10.8. The van der Waals surface area contributed by atoms with Crippen molar-refractivity contribution in [3.05, 3.63) is 75.6 Å². The summed E-state index contributed by atoms with van der Waals surface area (Å²) in [6.07, 6.45) is 7.16. The molecule has 2 N–H and O–H groups in total. The number of fused-ring (bicyclic) bond motifs is 1. The fraction of sp³-hybridized carbons (Fsp3) is 0.370. The summed E-state index contributed by atoms with van der Waals surface area (Å²) in [5, 5.41) is 26.6. The number of hydrogen-bond acceptors (Lipinski definition) is 8. The largest absolute Gasteiger partial charge is 0.492 e. The minimum absolute atomic E-state index is 0.144. The number of nitrogens with zero attached hydrogens (tertiary/aromatic N) is 4. The number of rotatable bonds is 8. The number of aromatic nitrogens is 2. The van der Waals surface area contributed by atoms with E-state index in [9.17, 15) is 14.9 Å². The van der Waals surface area contributed by atoms with Crippen LogP contribution in [0.5, 0.6) is 0 Å². The molecule has 2 fully saturated rings. The van der Waals surface area contributed by atoms with Crippen molar-refractivity contribution in [3.8, 4) is 6.07 Å². The fourth-order valence-electron chi connectivity index (χ4n) is 4.26. The van der Waals surface area contributed by atoms with Gasteiger partial charge < -0.3 is 25.1 Å². The van der Waals surface area contributed by atoms with E-state index in [1.54, 1.807) is 29.3 Å². The minimum Gasteiger partial charge on any atom is -0.492 e. The Bertz CT molecular complexity index is 1420. The van der Waals surface area contributed by atoms with Crippen LogP contribution in [-0.4, -0.2) is 59.2 Å². The third-order valence-electron chi connectivity index (χ3n) is 6.56. The van der Waals surface area contributed by atoms with E-state index in [2.05, 4.69) is 16.5 Å². The van der Waals surface area contributed by atoms with E-state index in [1.165, 1.54) is 10.8 Å². The number of carbonyl (C=O) groups excluding carboxylic acids is 1. The normalized spacial score (nSPS) is 18.8. The monoisotopic (exact) mass is 500 g/mol. The van der Waals surface area contributed by atoms with Crippen LogP contribution in [0.3, 0.4) is 0 Å². The molecule has 1 saturated heterocycles. The Morgan fingerprint density at radius 2 is 2.00 bits per heavy atom. The lowest BCUT2D eigenvalue weighted by atomic mass is 10.00. The maximum Gasteiger partial charge on any atom is 0.275 e. The lowest BCUT2D eigenvalue weighted by Crippen LogP contribution is -2.44. The van der Waals surface area contributed by atoms with Gasteiger partial charge in [-0.25, -0.2) is 4.68 Å². The van der Waals surface area contributed by atoms with Crippen molar-refractivity contribution in [2.75, 3.05) is 32.9 Å². The number of nitriles is 1. The Morgan fingerprint density at radius 3 is 2.73 bits per heavy atom. The molecule has 0 spiro atoms. The Hall–Kier alpha value is -4.23. The van der Waals surface area contributed by atoms with Gasteiger partial charge in [0.1, 0.15) is 18.4 Å². The van der Waals surface area contributed by atoms with Crippen LogP contribution in [0.25, 0.3) is 10.8 Å². The van der Waals surface area contributed by atoms with Gasteiger partial charge in [0, 0.05) is 30.2 Å². The zero-order chi connectivity index (χ0) is 25.8.